The SMILES string of the molecule is CC(C)Cc1ccc(C(C)C(=O)NC(=S)Nc2cccc(C(=O)N3CCC(C)CC3)c2)cc1. The summed E-state index contributed by atoms with van der Waals surface area (Å²) in [6.45, 7) is 10.1. The first kappa shape index (κ1) is 24.9. The summed E-state index contributed by atoms with van der Waals surface area (Å²) in [6, 6.07) is 15.5. The molecule has 176 valence electrons. The molecule has 0 bridgehead atoms. The van der Waals surface area contributed by atoms with Crippen LogP contribution in [0.1, 0.15) is 67.9 Å². The van der Waals surface area contributed by atoms with Gasteiger partial charge in [0.05, 0.1) is 5.92 Å². The van der Waals surface area contributed by atoms with E-state index in [0.717, 1.165) is 37.9 Å². The highest BCUT2D eigenvalue weighted by molar-refractivity contribution is 7.80. The van der Waals surface area contributed by atoms with Gasteiger partial charge in [-0.05, 0) is 79.6 Å². The number of carbonyl (C=O) groups is 2. The molecule has 1 atom stereocenters. The number of piperidine rings is 1. The zero-order valence-corrected chi connectivity index (χ0v) is 20.9. The van der Waals surface area contributed by atoms with Gasteiger partial charge in [0.1, 0.15) is 0 Å². The third-order valence-electron chi connectivity index (χ3n) is 6.19. The van der Waals surface area contributed by atoms with E-state index in [1.807, 2.05) is 42.2 Å². The predicted octanol–water partition coefficient (Wildman–Crippen LogP) is 5.37. The number of hydrogen-bond acceptors (Lipinski definition) is 3. The lowest BCUT2D eigenvalue weighted by atomic mass is 9.96. The van der Waals surface area contributed by atoms with Gasteiger partial charge in [0.15, 0.2) is 5.11 Å². The molecule has 2 aromatic carbocycles. The number of amides is 2. The van der Waals surface area contributed by atoms with E-state index in [4.69, 9.17) is 12.2 Å². The quantitative estimate of drug-likeness (QED) is 0.563. The van der Waals surface area contributed by atoms with Crippen LogP contribution in [0.15, 0.2) is 48.5 Å². The number of thiocarbonyl (C=S) groups is 1. The summed E-state index contributed by atoms with van der Waals surface area (Å²) >= 11 is 5.36. The fourth-order valence-corrected chi connectivity index (χ4v) is 4.29. The highest BCUT2D eigenvalue weighted by atomic mass is 32.1. The van der Waals surface area contributed by atoms with Gasteiger partial charge in [-0.3, -0.25) is 9.59 Å². The molecule has 0 saturated carbocycles. The Balaban J connectivity index is 1.56. The molecule has 1 heterocycles. The number of nitrogens with zero attached hydrogens (tertiary/aromatic N) is 1. The molecule has 2 amide bonds. The van der Waals surface area contributed by atoms with Crippen LogP contribution in [-0.4, -0.2) is 34.9 Å². The lowest BCUT2D eigenvalue weighted by Crippen LogP contribution is -2.38. The van der Waals surface area contributed by atoms with Gasteiger partial charge in [0, 0.05) is 24.3 Å². The molecule has 1 fully saturated rings. The Bertz CT molecular complexity index is 979. The van der Waals surface area contributed by atoms with E-state index >= 15 is 0 Å². The Labute approximate surface area is 202 Å². The van der Waals surface area contributed by atoms with E-state index in [9.17, 15) is 9.59 Å². The van der Waals surface area contributed by atoms with Crippen molar-refractivity contribution in [2.45, 2.75) is 52.9 Å². The number of carbonyl (C=O) groups excluding carboxylic acids is 2. The van der Waals surface area contributed by atoms with Crippen LogP contribution in [0.25, 0.3) is 0 Å². The van der Waals surface area contributed by atoms with Gasteiger partial charge >= 0.3 is 0 Å². The number of likely N-dealkylation sites (tertiary alicyclic amines) is 1. The van der Waals surface area contributed by atoms with E-state index in [-0.39, 0.29) is 22.8 Å². The number of anilines is 1. The van der Waals surface area contributed by atoms with E-state index in [0.29, 0.717) is 23.1 Å². The molecule has 0 radical (unpaired) electrons. The van der Waals surface area contributed by atoms with Crippen molar-refractivity contribution >= 4 is 34.8 Å². The maximum atomic E-state index is 12.8. The standard InChI is InChI=1S/C27H35N3O2S/c1-18(2)16-21-8-10-22(11-9-21)20(4)25(31)29-27(33)28-24-7-5-6-23(17-24)26(32)30-14-12-19(3)13-15-30/h5-11,17-20H,12-16H2,1-4H3,(H2,28,29,31,33). The second kappa shape index (κ2) is 11.4. The zero-order valence-electron chi connectivity index (χ0n) is 20.1. The fraction of sp³-hybridized carbons (Fsp3) is 0.444. The average Bonchev–Trinajstić information content (AvgIpc) is 2.79. The van der Waals surface area contributed by atoms with Crippen molar-refractivity contribution in [2.24, 2.45) is 11.8 Å². The van der Waals surface area contributed by atoms with Gasteiger partial charge in [-0.25, -0.2) is 0 Å². The van der Waals surface area contributed by atoms with Crippen molar-refractivity contribution in [3.05, 3.63) is 65.2 Å². The molecule has 1 saturated heterocycles. The van der Waals surface area contributed by atoms with Crippen molar-refractivity contribution < 1.29 is 9.59 Å². The van der Waals surface area contributed by atoms with Gasteiger partial charge < -0.3 is 15.5 Å². The van der Waals surface area contributed by atoms with Crippen molar-refractivity contribution in [1.82, 2.24) is 10.2 Å². The monoisotopic (exact) mass is 465 g/mol. The summed E-state index contributed by atoms with van der Waals surface area (Å²) in [7, 11) is 0. The molecule has 2 N–H and O–H groups in total. The highest BCUT2D eigenvalue weighted by Gasteiger charge is 2.22. The van der Waals surface area contributed by atoms with Crippen molar-refractivity contribution in [2.75, 3.05) is 18.4 Å². The minimum Gasteiger partial charge on any atom is -0.339 e. The summed E-state index contributed by atoms with van der Waals surface area (Å²) in [5.41, 5.74) is 3.53. The van der Waals surface area contributed by atoms with Crippen LogP contribution >= 0.6 is 12.2 Å². The smallest absolute Gasteiger partial charge is 0.253 e. The number of nitrogens with one attached hydrogen (secondary N) is 2. The summed E-state index contributed by atoms with van der Waals surface area (Å²) in [5, 5.41) is 6.04. The van der Waals surface area contributed by atoms with Crippen LogP contribution in [-0.2, 0) is 11.2 Å². The normalized spacial score (nSPS) is 15.2. The molecule has 3 rings (SSSR count). The maximum Gasteiger partial charge on any atom is 0.253 e. The molecular weight excluding hydrogens is 430 g/mol. The average molecular weight is 466 g/mol. The first-order valence-corrected chi connectivity index (χ1v) is 12.2. The Hall–Kier alpha value is -2.73. The third kappa shape index (κ3) is 7.13. The van der Waals surface area contributed by atoms with Crippen molar-refractivity contribution in [3.63, 3.8) is 0 Å². The Kier molecular flexibility index (Phi) is 8.61. The molecule has 1 unspecified atom stereocenters. The minimum atomic E-state index is -0.327. The largest absolute Gasteiger partial charge is 0.339 e. The van der Waals surface area contributed by atoms with E-state index < -0.39 is 0 Å². The minimum absolute atomic E-state index is 0.0371. The third-order valence-corrected chi connectivity index (χ3v) is 6.40. The highest BCUT2D eigenvalue weighted by Crippen LogP contribution is 2.20. The number of hydrogen-bond donors (Lipinski definition) is 2. The topological polar surface area (TPSA) is 61.4 Å². The van der Waals surface area contributed by atoms with Crippen molar-refractivity contribution in [1.29, 1.82) is 0 Å². The molecule has 0 aromatic heterocycles. The second-order valence-electron chi connectivity index (χ2n) is 9.56. The van der Waals surface area contributed by atoms with Crippen LogP contribution in [0, 0.1) is 11.8 Å². The predicted molar refractivity (Wildman–Crippen MR) is 139 cm³/mol. The Morgan fingerprint density at radius 3 is 2.36 bits per heavy atom. The molecule has 2 aromatic rings. The van der Waals surface area contributed by atoms with Gasteiger partial charge in [0.25, 0.3) is 5.91 Å². The van der Waals surface area contributed by atoms with Crippen LogP contribution in [0.5, 0.6) is 0 Å². The maximum absolute atomic E-state index is 12.8. The van der Waals surface area contributed by atoms with Crippen molar-refractivity contribution in [3.8, 4) is 0 Å². The number of benzene rings is 2. The van der Waals surface area contributed by atoms with E-state index in [2.05, 4.69) is 43.5 Å². The van der Waals surface area contributed by atoms with Crippen LogP contribution in [0.3, 0.4) is 0 Å². The summed E-state index contributed by atoms with van der Waals surface area (Å²) in [6.07, 6.45) is 3.10. The van der Waals surface area contributed by atoms with E-state index in [1.165, 1.54) is 5.56 Å². The molecule has 6 heteroatoms. The van der Waals surface area contributed by atoms with Gasteiger partial charge in [-0.15, -0.1) is 0 Å². The van der Waals surface area contributed by atoms with Crippen LogP contribution in [0.2, 0.25) is 0 Å². The summed E-state index contributed by atoms with van der Waals surface area (Å²) in [5.74, 6) is 0.807. The molecule has 33 heavy (non-hydrogen) atoms. The zero-order chi connectivity index (χ0) is 24.0. The second-order valence-corrected chi connectivity index (χ2v) is 9.97. The van der Waals surface area contributed by atoms with E-state index in [1.54, 1.807) is 6.07 Å². The fourth-order valence-electron chi connectivity index (χ4n) is 4.07. The van der Waals surface area contributed by atoms with Gasteiger partial charge in [-0.1, -0.05) is 51.1 Å². The molecule has 1 aliphatic heterocycles. The lowest BCUT2D eigenvalue weighted by Gasteiger charge is -2.30. The van der Waals surface area contributed by atoms with Gasteiger partial charge in [0.2, 0.25) is 5.91 Å². The molecule has 1 aliphatic rings. The Morgan fingerprint density at radius 1 is 1.06 bits per heavy atom. The summed E-state index contributed by atoms with van der Waals surface area (Å²) < 4.78 is 0. The van der Waals surface area contributed by atoms with Crippen LogP contribution in [0.4, 0.5) is 5.69 Å². The molecular formula is C27H35N3O2S. The Morgan fingerprint density at radius 2 is 1.73 bits per heavy atom. The molecule has 0 spiro atoms. The molecule has 0 aliphatic carbocycles. The first-order chi connectivity index (χ1) is 15.7. The summed E-state index contributed by atoms with van der Waals surface area (Å²) in [4.78, 5) is 27.5. The lowest BCUT2D eigenvalue weighted by molar-refractivity contribution is -0.120. The van der Waals surface area contributed by atoms with Gasteiger partial charge in [-0.2, -0.15) is 0 Å². The molecule has 5 nitrogen and oxygen atoms in total. The first-order valence-electron chi connectivity index (χ1n) is 11.8. The van der Waals surface area contributed by atoms with Crippen LogP contribution < -0.4 is 10.6 Å². The number of rotatable bonds is 6.